The molecule has 3 rings (SSSR count). The number of ketones is 1. The van der Waals surface area contributed by atoms with Gasteiger partial charge in [0, 0.05) is 18.7 Å². The largest absolute Gasteiger partial charge is 0.480 e. The van der Waals surface area contributed by atoms with Gasteiger partial charge < -0.3 is 15.4 Å². The molecule has 1 heterocycles. The number of rotatable bonds is 8. The minimum absolute atomic E-state index is 0.0136. The molecule has 0 aromatic heterocycles. The van der Waals surface area contributed by atoms with Gasteiger partial charge in [0.1, 0.15) is 11.6 Å². The van der Waals surface area contributed by atoms with E-state index in [-0.39, 0.29) is 17.5 Å². The highest BCUT2D eigenvalue weighted by molar-refractivity contribution is 6.04. The Morgan fingerprint density at radius 2 is 1.77 bits per heavy atom. The third kappa shape index (κ3) is 4.46. The molecule has 26 heavy (non-hydrogen) atoms. The summed E-state index contributed by atoms with van der Waals surface area (Å²) in [6.45, 7) is 1.74. The Morgan fingerprint density at radius 3 is 2.54 bits per heavy atom. The number of carbonyl (C=O) groups is 2. The number of hydrogen-bond acceptors (Lipinski definition) is 4. The first-order valence-electron chi connectivity index (χ1n) is 8.69. The lowest BCUT2D eigenvalue weighted by molar-refractivity contribution is 0.0856. The lowest BCUT2D eigenvalue weighted by Crippen LogP contribution is -2.34. The van der Waals surface area contributed by atoms with Crippen molar-refractivity contribution in [2.75, 3.05) is 19.6 Å². The number of carbonyl (C=O) groups excluding carboxylic acids is 2. The minimum atomic E-state index is -0.467. The second kappa shape index (κ2) is 8.58. The van der Waals surface area contributed by atoms with Crippen LogP contribution in [0.25, 0.3) is 0 Å². The first kappa shape index (κ1) is 18.1. The number of fused-ring (bicyclic) bond motifs is 1. The van der Waals surface area contributed by atoms with Crippen LogP contribution in [-0.4, -0.2) is 37.4 Å². The van der Waals surface area contributed by atoms with Crippen molar-refractivity contribution in [1.82, 2.24) is 10.6 Å². The summed E-state index contributed by atoms with van der Waals surface area (Å²) in [4.78, 5) is 24.0. The number of unbranched alkanes of at least 4 members (excludes halogenated alkanes) is 1. The van der Waals surface area contributed by atoms with Crippen LogP contribution in [0.2, 0.25) is 0 Å². The van der Waals surface area contributed by atoms with Crippen molar-refractivity contribution in [2.24, 2.45) is 0 Å². The van der Waals surface area contributed by atoms with Crippen LogP contribution in [0.5, 0.6) is 5.75 Å². The molecule has 1 unspecified atom stereocenters. The van der Waals surface area contributed by atoms with Crippen LogP contribution in [0.15, 0.2) is 48.5 Å². The quantitative estimate of drug-likeness (QED) is 0.714. The Balaban J connectivity index is 1.28. The van der Waals surface area contributed by atoms with Crippen molar-refractivity contribution in [3.63, 3.8) is 0 Å². The molecule has 2 N–H and O–H groups in total. The lowest BCUT2D eigenvalue weighted by Gasteiger charge is -2.11. The van der Waals surface area contributed by atoms with Gasteiger partial charge in [-0.3, -0.25) is 9.59 Å². The predicted octanol–water partition coefficient (Wildman–Crippen LogP) is 2.57. The Hall–Kier alpha value is -2.73. The van der Waals surface area contributed by atoms with Crippen molar-refractivity contribution in [2.45, 2.75) is 18.9 Å². The van der Waals surface area contributed by atoms with Gasteiger partial charge in [0.05, 0.1) is 5.56 Å². The van der Waals surface area contributed by atoms with E-state index in [1.54, 1.807) is 12.1 Å². The van der Waals surface area contributed by atoms with E-state index in [0.717, 1.165) is 19.4 Å². The van der Waals surface area contributed by atoms with Crippen LogP contribution in [-0.2, 0) is 0 Å². The molecule has 1 aliphatic heterocycles. The van der Waals surface area contributed by atoms with E-state index in [1.165, 1.54) is 24.3 Å². The van der Waals surface area contributed by atoms with E-state index >= 15 is 0 Å². The van der Waals surface area contributed by atoms with Gasteiger partial charge >= 0.3 is 0 Å². The fraction of sp³-hybridized carbons (Fsp3) is 0.300. The molecule has 1 aliphatic rings. The lowest BCUT2D eigenvalue weighted by atomic mass is 10.1. The number of amides is 1. The van der Waals surface area contributed by atoms with Gasteiger partial charge in [-0.05, 0) is 55.8 Å². The molecule has 136 valence electrons. The van der Waals surface area contributed by atoms with Gasteiger partial charge in [0.15, 0.2) is 6.10 Å². The summed E-state index contributed by atoms with van der Waals surface area (Å²) in [5.41, 5.74) is 1.09. The van der Waals surface area contributed by atoms with E-state index < -0.39 is 6.10 Å². The van der Waals surface area contributed by atoms with Gasteiger partial charge in [-0.1, -0.05) is 12.1 Å². The third-order valence-corrected chi connectivity index (χ3v) is 4.22. The summed E-state index contributed by atoms with van der Waals surface area (Å²) in [6, 6.07) is 12.7. The number of halogens is 1. The first-order valence-corrected chi connectivity index (χ1v) is 8.69. The minimum Gasteiger partial charge on any atom is -0.480 e. The molecule has 0 saturated carbocycles. The second-order valence-electron chi connectivity index (χ2n) is 6.14. The summed E-state index contributed by atoms with van der Waals surface area (Å²) in [6.07, 6.45) is 1.20. The number of ether oxygens (including phenoxy) is 1. The molecular formula is C20H21FN2O3. The van der Waals surface area contributed by atoms with Crippen LogP contribution in [0.4, 0.5) is 4.39 Å². The molecule has 1 atom stereocenters. The molecule has 5 nitrogen and oxygen atoms in total. The van der Waals surface area contributed by atoms with Crippen LogP contribution < -0.4 is 15.4 Å². The highest BCUT2D eigenvalue weighted by Crippen LogP contribution is 2.27. The number of hydrogen-bond donors (Lipinski definition) is 2. The Kier molecular flexibility index (Phi) is 5.96. The number of benzene rings is 2. The van der Waals surface area contributed by atoms with Gasteiger partial charge in [0.25, 0.3) is 5.91 Å². The topological polar surface area (TPSA) is 67.4 Å². The maximum atomic E-state index is 12.8. The first-order chi connectivity index (χ1) is 12.6. The van der Waals surface area contributed by atoms with Crippen LogP contribution in [0.1, 0.15) is 33.6 Å². The molecular weight excluding hydrogens is 335 g/mol. The molecule has 6 heteroatoms. The SMILES string of the molecule is O=C(NCCCCNCC1Oc2ccccc2C1=O)c1ccc(F)cc1. The molecule has 0 spiro atoms. The monoisotopic (exact) mass is 356 g/mol. The van der Waals surface area contributed by atoms with E-state index in [0.29, 0.717) is 30.0 Å². The summed E-state index contributed by atoms with van der Waals surface area (Å²) in [7, 11) is 0. The fourth-order valence-electron chi connectivity index (χ4n) is 2.80. The van der Waals surface area contributed by atoms with Gasteiger partial charge in [-0.15, -0.1) is 0 Å². The number of Topliss-reactive ketones (excluding diaryl/α,β-unsaturated/α-hetero) is 1. The normalized spacial score (nSPS) is 15.4. The van der Waals surface area contributed by atoms with Crippen molar-refractivity contribution in [3.05, 3.63) is 65.5 Å². The predicted molar refractivity (Wildman–Crippen MR) is 96.0 cm³/mol. The van der Waals surface area contributed by atoms with Crippen molar-refractivity contribution < 1.29 is 18.7 Å². The molecule has 0 aliphatic carbocycles. The smallest absolute Gasteiger partial charge is 0.251 e. The summed E-state index contributed by atoms with van der Waals surface area (Å²) in [5.74, 6) is 0.0913. The standard InChI is InChI=1S/C20H21FN2O3/c21-15-9-7-14(8-10-15)20(25)23-12-4-3-11-22-13-18-19(24)16-5-1-2-6-17(16)26-18/h1-2,5-10,18,22H,3-4,11-13H2,(H,23,25). The zero-order chi connectivity index (χ0) is 18.4. The van der Waals surface area contributed by atoms with Crippen LogP contribution >= 0.6 is 0 Å². The van der Waals surface area contributed by atoms with Crippen LogP contribution in [0.3, 0.4) is 0 Å². The third-order valence-electron chi connectivity index (χ3n) is 4.22. The second-order valence-corrected chi connectivity index (χ2v) is 6.14. The fourth-order valence-corrected chi connectivity index (χ4v) is 2.80. The van der Waals surface area contributed by atoms with Crippen molar-refractivity contribution >= 4 is 11.7 Å². The van der Waals surface area contributed by atoms with Crippen molar-refractivity contribution in [1.29, 1.82) is 0 Å². The van der Waals surface area contributed by atoms with E-state index in [4.69, 9.17) is 4.74 Å². The molecule has 0 saturated heterocycles. The molecule has 2 aromatic carbocycles. The average molecular weight is 356 g/mol. The summed E-state index contributed by atoms with van der Waals surface area (Å²) < 4.78 is 18.5. The zero-order valence-corrected chi connectivity index (χ0v) is 14.3. The molecule has 0 fully saturated rings. The molecule has 0 bridgehead atoms. The summed E-state index contributed by atoms with van der Waals surface area (Å²) >= 11 is 0. The maximum Gasteiger partial charge on any atom is 0.251 e. The maximum absolute atomic E-state index is 12.8. The summed E-state index contributed by atoms with van der Waals surface area (Å²) in [5, 5.41) is 6.02. The Labute approximate surface area is 151 Å². The zero-order valence-electron chi connectivity index (χ0n) is 14.3. The average Bonchev–Trinajstić information content (AvgIpc) is 2.97. The Morgan fingerprint density at radius 1 is 1.04 bits per heavy atom. The Bertz CT molecular complexity index is 777. The van der Waals surface area contributed by atoms with Crippen molar-refractivity contribution in [3.8, 4) is 5.75 Å². The highest BCUT2D eigenvalue weighted by atomic mass is 19.1. The molecule has 0 radical (unpaired) electrons. The van der Waals surface area contributed by atoms with Gasteiger partial charge in [-0.25, -0.2) is 4.39 Å². The van der Waals surface area contributed by atoms with Gasteiger partial charge in [0.2, 0.25) is 5.78 Å². The molecule has 2 aromatic rings. The number of para-hydroxylation sites is 1. The van der Waals surface area contributed by atoms with Crippen LogP contribution in [0, 0.1) is 5.82 Å². The van der Waals surface area contributed by atoms with E-state index in [2.05, 4.69) is 10.6 Å². The van der Waals surface area contributed by atoms with E-state index in [9.17, 15) is 14.0 Å². The highest BCUT2D eigenvalue weighted by Gasteiger charge is 2.31. The molecule has 1 amide bonds. The van der Waals surface area contributed by atoms with Gasteiger partial charge in [-0.2, -0.15) is 0 Å². The van der Waals surface area contributed by atoms with E-state index in [1.807, 2.05) is 12.1 Å². The number of nitrogens with one attached hydrogen (secondary N) is 2.